The average molecular weight is 369 g/mol. The third kappa shape index (κ3) is 2.77. The van der Waals surface area contributed by atoms with Gasteiger partial charge in [-0.05, 0) is 55.5 Å². The lowest BCUT2D eigenvalue weighted by Crippen LogP contribution is -2.01. The minimum absolute atomic E-state index is 0.502. The monoisotopic (exact) mass is 368 g/mol. The quantitative estimate of drug-likeness (QED) is 0.552. The van der Waals surface area contributed by atoms with Crippen LogP contribution in [0.25, 0.3) is 22.9 Å². The van der Waals surface area contributed by atoms with Crippen molar-refractivity contribution in [1.29, 1.82) is 0 Å². The van der Waals surface area contributed by atoms with Gasteiger partial charge in [-0.2, -0.15) is 5.10 Å². The summed E-state index contributed by atoms with van der Waals surface area (Å²) in [7, 11) is 0. The molecule has 2 heterocycles. The molecule has 0 aliphatic rings. The molecule has 25 heavy (non-hydrogen) atoms. The van der Waals surface area contributed by atoms with Crippen LogP contribution in [-0.4, -0.2) is 29.8 Å². The first-order chi connectivity index (χ1) is 12.1. The number of aromatic amines is 1. The maximum Gasteiger partial charge on any atom is 0.200 e. The highest BCUT2D eigenvalue weighted by Crippen LogP contribution is 2.24. The molecule has 1 N–H and O–H groups in total. The summed E-state index contributed by atoms with van der Waals surface area (Å²) in [5.41, 5.74) is 3.30. The zero-order chi connectivity index (χ0) is 17.4. The number of aromatic nitrogens is 6. The van der Waals surface area contributed by atoms with Crippen LogP contribution in [-0.2, 0) is 0 Å². The molecule has 0 saturated heterocycles. The van der Waals surface area contributed by atoms with E-state index in [9.17, 15) is 0 Å². The van der Waals surface area contributed by atoms with Gasteiger partial charge >= 0.3 is 0 Å². The van der Waals surface area contributed by atoms with E-state index in [0.717, 1.165) is 17.1 Å². The zero-order valence-electron chi connectivity index (χ0n) is 13.2. The van der Waals surface area contributed by atoms with Gasteiger partial charge in [0, 0.05) is 5.02 Å². The number of nitrogens with one attached hydrogen (secondary N) is 1. The maximum atomic E-state index is 5.96. The van der Waals surface area contributed by atoms with Crippen LogP contribution >= 0.6 is 23.8 Å². The van der Waals surface area contributed by atoms with Crippen LogP contribution < -0.4 is 0 Å². The third-order valence-corrected chi connectivity index (χ3v) is 4.39. The Morgan fingerprint density at radius 2 is 1.72 bits per heavy atom. The summed E-state index contributed by atoms with van der Waals surface area (Å²) in [6, 6.07) is 17.2. The summed E-state index contributed by atoms with van der Waals surface area (Å²) in [5.74, 6) is 0.619. The van der Waals surface area contributed by atoms with Crippen molar-refractivity contribution in [3.8, 4) is 22.9 Å². The molecule has 0 aliphatic carbocycles. The van der Waals surface area contributed by atoms with Crippen LogP contribution in [0.5, 0.6) is 0 Å². The number of hydrogen-bond acceptors (Lipinski definition) is 4. The molecule has 2 aromatic heterocycles. The predicted octanol–water partition coefficient (Wildman–Crippen LogP) is 4.14. The second-order valence-corrected chi connectivity index (χ2v) is 6.26. The Kier molecular flexibility index (Phi) is 3.95. The van der Waals surface area contributed by atoms with Gasteiger partial charge in [0.25, 0.3) is 0 Å². The Labute approximate surface area is 153 Å². The van der Waals surface area contributed by atoms with Gasteiger partial charge < -0.3 is 0 Å². The van der Waals surface area contributed by atoms with Crippen LogP contribution in [0.3, 0.4) is 0 Å². The minimum Gasteiger partial charge on any atom is -0.267 e. The van der Waals surface area contributed by atoms with Crippen LogP contribution in [0.2, 0.25) is 5.02 Å². The number of para-hydroxylation sites is 1. The molecule has 0 bridgehead atoms. The van der Waals surface area contributed by atoms with E-state index in [1.54, 1.807) is 4.68 Å². The van der Waals surface area contributed by atoms with Crippen molar-refractivity contribution in [2.24, 2.45) is 0 Å². The first-order valence-electron chi connectivity index (χ1n) is 7.56. The second-order valence-electron chi connectivity index (χ2n) is 5.44. The summed E-state index contributed by atoms with van der Waals surface area (Å²) in [5, 5.41) is 16.4. The van der Waals surface area contributed by atoms with Crippen LogP contribution in [0.1, 0.15) is 5.69 Å². The molecule has 0 aliphatic heterocycles. The van der Waals surface area contributed by atoms with Crippen molar-refractivity contribution in [3.63, 3.8) is 0 Å². The lowest BCUT2D eigenvalue weighted by molar-refractivity contribution is 0.785. The van der Waals surface area contributed by atoms with E-state index in [2.05, 4.69) is 20.5 Å². The minimum atomic E-state index is 0.502. The number of H-pyrrole nitrogens is 1. The van der Waals surface area contributed by atoms with E-state index < -0.39 is 0 Å². The van der Waals surface area contributed by atoms with Gasteiger partial charge in [-0.1, -0.05) is 35.0 Å². The summed E-state index contributed by atoms with van der Waals surface area (Å²) >= 11 is 11.3. The lowest BCUT2D eigenvalue weighted by Gasteiger charge is -2.06. The van der Waals surface area contributed by atoms with E-state index in [0.29, 0.717) is 21.3 Å². The Morgan fingerprint density at radius 3 is 2.44 bits per heavy atom. The molecule has 2 aromatic carbocycles. The van der Waals surface area contributed by atoms with E-state index in [1.807, 2.05) is 66.1 Å². The molecule has 6 nitrogen and oxygen atoms in total. The molecule has 0 unspecified atom stereocenters. The van der Waals surface area contributed by atoms with Gasteiger partial charge in [-0.15, -0.1) is 5.10 Å². The summed E-state index contributed by atoms with van der Waals surface area (Å²) in [6.45, 7) is 1.94. The average Bonchev–Trinajstić information content (AvgIpc) is 3.19. The fourth-order valence-electron chi connectivity index (χ4n) is 2.64. The van der Waals surface area contributed by atoms with Crippen LogP contribution in [0.15, 0.2) is 54.6 Å². The van der Waals surface area contributed by atoms with E-state index in [-0.39, 0.29) is 0 Å². The van der Waals surface area contributed by atoms with Crippen molar-refractivity contribution in [3.05, 3.63) is 70.1 Å². The van der Waals surface area contributed by atoms with Gasteiger partial charge in [-0.3, -0.25) is 9.67 Å². The number of rotatable bonds is 3. The molecule has 124 valence electrons. The molecule has 0 amide bonds. The highest BCUT2D eigenvalue weighted by atomic mass is 35.5. The lowest BCUT2D eigenvalue weighted by atomic mass is 10.2. The van der Waals surface area contributed by atoms with Gasteiger partial charge in [0.05, 0.1) is 17.1 Å². The Balaban J connectivity index is 1.85. The van der Waals surface area contributed by atoms with Crippen LogP contribution in [0.4, 0.5) is 0 Å². The van der Waals surface area contributed by atoms with Crippen molar-refractivity contribution < 1.29 is 0 Å². The standard InChI is InChI=1S/C17H13ClN6S/c1-11-15(19-22-24(11)14-9-7-12(18)8-10-14)16-20-21-17(25)23(16)13-5-3-2-4-6-13/h2-10H,1H3,(H,21,25). The molecule has 0 saturated carbocycles. The summed E-state index contributed by atoms with van der Waals surface area (Å²) < 4.78 is 4.10. The first kappa shape index (κ1) is 15.7. The summed E-state index contributed by atoms with van der Waals surface area (Å²) in [4.78, 5) is 0. The Morgan fingerprint density at radius 1 is 1.00 bits per heavy atom. The maximum absolute atomic E-state index is 5.96. The normalized spacial score (nSPS) is 11.0. The van der Waals surface area contributed by atoms with Gasteiger partial charge in [-0.25, -0.2) is 4.68 Å². The molecule has 0 radical (unpaired) electrons. The van der Waals surface area contributed by atoms with Gasteiger partial charge in [0.2, 0.25) is 0 Å². The van der Waals surface area contributed by atoms with Crippen LogP contribution in [0, 0.1) is 11.7 Å². The van der Waals surface area contributed by atoms with E-state index in [1.165, 1.54) is 0 Å². The molecule has 4 aromatic rings. The van der Waals surface area contributed by atoms with E-state index in [4.69, 9.17) is 23.8 Å². The second kappa shape index (κ2) is 6.27. The summed E-state index contributed by atoms with van der Waals surface area (Å²) in [6.07, 6.45) is 0. The molecular weight excluding hydrogens is 356 g/mol. The fraction of sp³-hybridized carbons (Fsp3) is 0.0588. The van der Waals surface area contributed by atoms with Crippen molar-refractivity contribution in [2.45, 2.75) is 6.92 Å². The zero-order valence-corrected chi connectivity index (χ0v) is 14.8. The molecular formula is C17H13ClN6S. The third-order valence-electron chi connectivity index (χ3n) is 3.86. The highest BCUT2D eigenvalue weighted by molar-refractivity contribution is 7.71. The first-order valence-corrected chi connectivity index (χ1v) is 8.35. The van der Waals surface area contributed by atoms with E-state index >= 15 is 0 Å². The highest BCUT2D eigenvalue weighted by Gasteiger charge is 2.19. The molecule has 0 fully saturated rings. The largest absolute Gasteiger partial charge is 0.267 e. The SMILES string of the molecule is Cc1c(-c2n[nH]c(=S)n2-c2ccccc2)nnn1-c1ccc(Cl)cc1. The molecule has 0 spiro atoms. The predicted molar refractivity (Wildman–Crippen MR) is 98.8 cm³/mol. The van der Waals surface area contributed by atoms with Crippen molar-refractivity contribution in [1.82, 2.24) is 29.8 Å². The molecule has 8 heteroatoms. The number of nitrogens with zero attached hydrogens (tertiary/aromatic N) is 5. The van der Waals surface area contributed by atoms with Crippen molar-refractivity contribution >= 4 is 23.8 Å². The molecule has 4 rings (SSSR count). The number of hydrogen-bond donors (Lipinski definition) is 1. The fourth-order valence-corrected chi connectivity index (χ4v) is 3.00. The van der Waals surface area contributed by atoms with Gasteiger partial charge in [0.15, 0.2) is 16.3 Å². The Bertz CT molecular complexity index is 1080. The van der Waals surface area contributed by atoms with Gasteiger partial charge in [0.1, 0.15) is 0 Å². The topological polar surface area (TPSA) is 64.3 Å². The molecule has 0 atom stereocenters. The smallest absolute Gasteiger partial charge is 0.200 e. The number of halogens is 1. The van der Waals surface area contributed by atoms with Crippen molar-refractivity contribution in [2.75, 3.05) is 0 Å². The number of benzene rings is 2. The Hall–Kier alpha value is -2.77.